The molecule has 0 bridgehead atoms. The van der Waals surface area contributed by atoms with Crippen LogP contribution in [0.25, 0.3) is 5.32 Å². The Morgan fingerprint density at radius 1 is 1.62 bits per heavy atom. The summed E-state index contributed by atoms with van der Waals surface area (Å²) < 4.78 is 0. The molecule has 0 radical (unpaired) electrons. The fraction of sp³-hybridized carbons (Fsp3) is 1.00. The molecule has 8 heavy (non-hydrogen) atoms. The monoisotopic (exact) mass is 141 g/mol. The Balaban J connectivity index is 0. The standard InChI is InChI=1S/C5H12NO.K/c1-5(7)3-4-6-2;/h5,7H,3-4H2,1-2H3;/q-1;+1. The van der Waals surface area contributed by atoms with Gasteiger partial charge in [-0.15, -0.1) is 6.54 Å². The SMILES string of the molecule is C[N-]CCC(C)O.[K+]. The van der Waals surface area contributed by atoms with Crippen molar-refractivity contribution in [3.63, 3.8) is 0 Å². The first-order valence-corrected chi connectivity index (χ1v) is 2.51. The van der Waals surface area contributed by atoms with Crippen molar-refractivity contribution in [2.45, 2.75) is 19.4 Å². The minimum Gasteiger partial charge on any atom is -0.665 e. The Labute approximate surface area is 93.5 Å². The molecule has 2 nitrogen and oxygen atoms in total. The van der Waals surface area contributed by atoms with Gasteiger partial charge in [0.25, 0.3) is 0 Å². The molecule has 3 heteroatoms. The molecule has 0 aliphatic rings. The molecule has 1 atom stereocenters. The molecule has 0 aromatic carbocycles. The van der Waals surface area contributed by atoms with Crippen molar-refractivity contribution in [2.75, 3.05) is 13.6 Å². The minimum absolute atomic E-state index is 0. The minimum atomic E-state index is -0.191. The fourth-order valence-corrected chi connectivity index (χ4v) is 0.316. The molecule has 0 fully saturated rings. The zero-order valence-electron chi connectivity index (χ0n) is 5.89. The maximum atomic E-state index is 8.62. The maximum Gasteiger partial charge on any atom is 1.00 e. The van der Waals surface area contributed by atoms with E-state index in [0.29, 0.717) is 0 Å². The van der Waals surface area contributed by atoms with Crippen molar-refractivity contribution in [1.29, 1.82) is 0 Å². The van der Waals surface area contributed by atoms with E-state index in [2.05, 4.69) is 5.32 Å². The molecule has 0 aromatic heterocycles. The van der Waals surface area contributed by atoms with E-state index in [9.17, 15) is 0 Å². The van der Waals surface area contributed by atoms with Crippen LogP contribution < -0.4 is 51.4 Å². The van der Waals surface area contributed by atoms with Gasteiger partial charge in [-0.25, -0.2) is 0 Å². The Kier molecular flexibility index (Phi) is 13.1. The average molecular weight is 141 g/mol. The van der Waals surface area contributed by atoms with Crippen LogP contribution >= 0.6 is 0 Å². The second-order valence-electron chi connectivity index (χ2n) is 1.68. The normalized spacial score (nSPS) is 12.4. The third kappa shape index (κ3) is 10.5. The summed E-state index contributed by atoms with van der Waals surface area (Å²) in [6.45, 7) is 2.54. The van der Waals surface area contributed by atoms with Gasteiger partial charge < -0.3 is 10.4 Å². The number of nitrogens with zero attached hydrogens (tertiary/aromatic N) is 1. The van der Waals surface area contributed by atoms with E-state index in [1.807, 2.05) is 0 Å². The molecule has 0 rings (SSSR count). The first-order valence-electron chi connectivity index (χ1n) is 2.51. The molecule has 0 saturated carbocycles. The summed E-state index contributed by atoms with van der Waals surface area (Å²) in [7, 11) is 1.75. The Morgan fingerprint density at radius 3 is 2.25 bits per heavy atom. The van der Waals surface area contributed by atoms with Crippen LogP contribution in [0.5, 0.6) is 0 Å². The van der Waals surface area contributed by atoms with Gasteiger partial charge in [-0.3, -0.25) is 0 Å². The summed E-state index contributed by atoms with van der Waals surface area (Å²) >= 11 is 0. The molecule has 1 N–H and O–H groups in total. The van der Waals surface area contributed by atoms with Crippen LogP contribution in [-0.4, -0.2) is 24.8 Å². The van der Waals surface area contributed by atoms with Crippen LogP contribution in [0.3, 0.4) is 0 Å². The number of hydrogen-bond donors (Lipinski definition) is 1. The van der Waals surface area contributed by atoms with Crippen LogP contribution in [0.1, 0.15) is 13.3 Å². The molecule has 0 heterocycles. The molecule has 0 saturated heterocycles. The van der Waals surface area contributed by atoms with Gasteiger partial charge in [-0.2, -0.15) is 7.05 Å². The summed E-state index contributed by atoms with van der Waals surface area (Å²) in [5.74, 6) is 0. The van der Waals surface area contributed by atoms with Gasteiger partial charge in [0.2, 0.25) is 0 Å². The number of aliphatic hydroxyl groups excluding tert-OH is 1. The van der Waals surface area contributed by atoms with E-state index in [0.717, 1.165) is 13.0 Å². The summed E-state index contributed by atoms with van der Waals surface area (Å²) in [5.41, 5.74) is 0. The summed E-state index contributed by atoms with van der Waals surface area (Å²) in [6, 6.07) is 0. The molecule has 1 unspecified atom stereocenters. The van der Waals surface area contributed by atoms with Crippen LogP contribution in [0.4, 0.5) is 0 Å². The van der Waals surface area contributed by atoms with Crippen LogP contribution in [-0.2, 0) is 0 Å². The van der Waals surface area contributed by atoms with Gasteiger partial charge in [0, 0.05) is 6.10 Å². The molecule has 0 aliphatic heterocycles. The molecular formula is C5H12KNO. The van der Waals surface area contributed by atoms with Crippen molar-refractivity contribution in [2.24, 2.45) is 0 Å². The Bertz CT molecular complexity index is 41.4. The van der Waals surface area contributed by atoms with Crippen molar-refractivity contribution >= 4 is 0 Å². The van der Waals surface area contributed by atoms with E-state index < -0.39 is 0 Å². The van der Waals surface area contributed by atoms with Crippen molar-refractivity contribution in [1.82, 2.24) is 0 Å². The quantitative estimate of drug-likeness (QED) is 0.443. The molecule has 0 spiro atoms. The first-order chi connectivity index (χ1) is 3.27. The first kappa shape index (κ1) is 12.3. The third-order valence-corrected chi connectivity index (χ3v) is 0.770. The number of hydrogen-bond acceptors (Lipinski definition) is 1. The van der Waals surface area contributed by atoms with Crippen LogP contribution in [0, 0.1) is 0 Å². The number of aliphatic hydroxyl groups is 1. The van der Waals surface area contributed by atoms with E-state index in [1.54, 1.807) is 14.0 Å². The summed E-state index contributed by atoms with van der Waals surface area (Å²) in [5, 5.41) is 12.4. The second-order valence-corrected chi connectivity index (χ2v) is 1.68. The smallest absolute Gasteiger partial charge is 0.665 e. The van der Waals surface area contributed by atoms with E-state index in [-0.39, 0.29) is 57.5 Å². The third-order valence-electron chi connectivity index (χ3n) is 0.770. The van der Waals surface area contributed by atoms with E-state index in [4.69, 9.17) is 5.11 Å². The zero-order chi connectivity index (χ0) is 5.70. The number of rotatable bonds is 3. The van der Waals surface area contributed by atoms with Gasteiger partial charge in [0.15, 0.2) is 0 Å². The molecule has 0 aromatic rings. The predicted molar refractivity (Wildman–Crippen MR) is 30.4 cm³/mol. The van der Waals surface area contributed by atoms with Crippen molar-refractivity contribution in [3.05, 3.63) is 5.32 Å². The van der Waals surface area contributed by atoms with Crippen LogP contribution in [0.2, 0.25) is 0 Å². The fourth-order valence-electron chi connectivity index (χ4n) is 0.316. The summed E-state index contributed by atoms with van der Waals surface area (Å²) in [6.07, 6.45) is 0.597. The largest absolute Gasteiger partial charge is 1.00 e. The van der Waals surface area contributed by atoms with Gasteiger partial charge in [0.05, 0.1) is 0 Å². The topological polar surface area (TPSA) is 34.3 Å². The van der Waals surface area contributed by atoms with Crippen LogP contribution in [0.15, 0.2) is 0 Å². The molecular weight excluding hydrogens is 129 g/mol. The van der Waals surface area contributed by atoms with Gasteiger partial charge in [0.1, 0.15) is 0 Å². The van der Waals surface area contributed by atoms with E-state index >= 15 is 0 Å². The van der Waals surface area contributed by atoms with Crippen molar-refractivity contribution in [3.8, 4) is 0 Å². The van der Waals surface area contributed by atoms with Gasteiger partial charge in [-0.05, 0) is 13.3 Å². The molecule has 44 valence electrons. The zero-order valence-corrected chi connectivity index (χ0v) is 9.01. The van der Waals surface area contributed by atoms with Gasteiger partial charge >= 0.3 is 51.4 Å². The Morgan fingerprint density at radius 2 is 2.12 bits per heavy atom. The molecule has 0 amide bonds. The van der Waals surface area contributed by atoms with Crippen molar-refractivity contribution < 1.29 is 56.5 Å². The summed E-state index contributed by atoms with van der Waals surface area (Å²) in [4.78, 5) is 0. The second kappa shape index (κ2) is 8.56. The Hall–Kier alpha value is 1.56. The average Bonchev–Trinajstić information content (AvgIpc) is 1.61. The predicted octanol–water partition coefficient (Wildman–Crippen LogP) is -2.24. The van der Waals surface area contributed by atoms with E-state index in [1.165, 1.54) is 0 Å². The molecule has 0 aliphatic carbocycles. The van der Waals surface area contributed by atoms with Gasteiger partial charge in [-0.1, -0.05) is 0 Å². The maximum absolute atomic E-state index is 8.62.